The Hall–Kier alpha value is -3.80. The van der Waals surface area contributed by atoms with E-state index in [0.29, 0.717) is 23.1 Å². The van der Waals surface area contributed by atoms with Gasteiger partial charge in [-0.3, -0.25) is 0 Å². The second kappa shape index (κ2) is 7.08. The summed E-state index contributed by atoms with van der Waals surface area (Å²) in [7, 11) is 3.18. The monoisotopic (exact) mass is 372 g/mol. The predicted octanol–water partition coefficient (Wildman–Crippen LogP) is 4.15. The van der Waals surface area contributed by atoms with E-state index in [9.17, 15) is 0 Å². The number of nitrogens with two attached hydrogens (primary N) is 2. The van der Waals surface area contributed by atoms with Gasteiger partial charge in [-0.15, -0.1) is 0 Å². The fourth-order valence-electron chi connectivity index (χ4n) is 3.33. The summed E-state index contributed by atoms with van der Waals surface area (Å²) in [6, 6.07) is 17.6. The molecule has 4 rings (SSSR count). The van der Waals surface area contributed by atoms with Crippen molar-refractivity contribution in [3.8, 4) is 33.9 Å². The Labute approximate surface area is 162 Å². The second-order valence-electron chi connectivity index (χ2n) is 6.33. The third-order valence-corrected chi connectivity index (χ3v) is 4.64. The first-order valence-corrected chi connectivity index (χ1v) is 8.75. The van der Waals surface area contributed by atoms with E-state index in [1.54, 1.807) is 20.4 Å². The molecule has 0 bridgehead atoms. The Morgan fingerprint density at radius 2 is 1.61 bits per heavy atom. The molecule has 4 N–H and O–H groups in total. The van der Waals surface area contributed by atoms with Gasteiger partial charge in [0.05, 0.1) is 31.0 Å². The molecule has 2 aromatic heterocycles. The highest BCUT2D eigenvalue weighted by atomic mass is 16.5. The first kappa shape index (κ1) is 17.6. The second-order valence-corrected chi connectivity index (χ2v) is 6.33. The van der Waals surface area contributed by atoms with Crippen molar-refractivity contribution in [1.29, 1.82) is 0 Å². The summed E-state index contributed by atoms with van der Waals surface area (Å²) >= 11 is 0. The minimum atomic E-state index is 0.405. The van der Waals surface area contributed by atoms with Crippen LogP contribution in [0.15, 0.2) is 60.8 Å². The number of pyridine rings is 2. The maximum atomic E-state index is 6.26. The van der Waals surface area contributed by atoms with Gasteiger partial charge in [-0.1, -0.05) is 36.4 Å². The lowest BCUT2D eigenvalue weighted by molar-refractivity contribution is 0.400. The van der Waals surface area contributed by atoms with Crippen LogP contribution < -0.4 is 20.9 Å². The Morgan fingerprint density at radius 1 is 0.821 bits per heavy atom. The van der Waals surface area contributed by atoms with Gasteiger partial charge in [0.15, 0.2) is 0 Å². The van der Waals surface area contributed by atoms with Gasteiger partial charge < -0.3 is 20.9 Å². The lowest BCUT2D eigenvalue weighted by atomic mass is 9.99. The van der Waals surface area contributed by atoms with Crippen LogP contribution >= 0.6 is 0 Å². The number of hydrogen-bond acceptors (Lipinski definition) is 6. The zero-order chi connectivity index (χ0) is 19.7. The van der Waals surface area contributed by atoms with E-state index in [1.165, 1.54) is 0 Å². The smallest absolute Gasteiger partial charge is 0.236 e. The number of anilines is 2. The molecule has 140 valence electrons. The lowest BCUT2D eigenvalue weighted by Gasteiger charge is -2.15. The average molecular weight is 372 g/mol. The molecule has 2 aromatic carbocycles. The molecule has 0 atom stereocenters. The summed E-state index contributed by atoms with van der Waals surface area (Å²) in [6.45, 7) is 0. The zero-order valence-electron chi connectivity index (χ0n) is 15.6. The number of nitrogens with zero attached hydrogens (tertiary/aromatic N) is 2. The minimum absolute atomic E-state index is 0.405. The van der Waals surface area contributed by atoms with Crippen LogP contribution in [-0.4, -0.2) is 24.2 Å². The van der Waals surface area contributed by atoms with Crippen LogP contribution in [0.5, 0.6) is 11.6 Å². The first-order valence-electron chi connectivity index (χ1n) is 8.75. The van der Waals surface area contributed by atoms with Gasteiger partial charge in [-0.25, -0.2) is 9.97 Å². The predicted molar refractivity (Wildman–Crippen MR) is 112 cm³/mol. The van der Waals surface area contributed by atoms with Crippen molar-refractivity contribution in [1.82, 2.24) is 9.97 Å². The number of ether oxygens (including phenoxy) is 2. The van der Waals surface area contributed by atoms with Crippen LogP contribution in [0, 0.1) is 0 Å². The van der Waals surface area contributed by atoms with E-state index in [-0.39, 0.29) is 0 Å². The van der Waals surface area contributed by atoms with Crippen molar-refractivity contribution >= 4 is 22.4 Å². The molecule has 0 radical (unpaired) electrons. The normalized spacial score (nSPS) is 10.8. The van der Waals surface area contributed by atoms with Gasteiger partial charge in [-0.05, 0) is 29.3 Å². The van der Waals surface area contributed by atoms with Crippen LogP contribution in [0.2, 0.25) is 0 Å². The summed E-state index contributed by atoms with van der Waals surface area (Å²) in [5.41, 5.74) is 17.1. The molecule has 0 fully saturated rings. The number of methoxy groups -OCH3 is 2. The van der Waals surface area contributed by atoms with Crippen molar-refractivity contribution in [2.75, 3.05) is 25.7 Å². The molecule has 0 aliphatic heterocycles. The van der Waals surface area contributed by atoms with Crippen molar-refractivity contribution in [2.45, 2.75) is 0 Å². The van der Waals surface area contributed by atoms with E-state index in [2.05, 4.69) is 9.97 Å². The molecule has 0 aliphatic rings. The van der Waals surface area contributed by atoms with Crippen LogP contribution in [0.4, 0.5) is 11.5 Å². The quantitative estimate of drug-likeness (QED) is 0.559. The lowest BCUT2D eigenvalue weighted by Crippen LogP contribution is -2.00. The van der Waals surface area contributed by atoms with Gasteiger partial charge in [0.25, 0.3) is 0 Å². The summed E-state index contributed by atoms with van der Waals surface area (Å²) in [5, 5.41) is 0.863. The minimum Gasteiger partial charge on any atom is -0.495 e. The Bertz CT molecular complexity index is 1160. The van der Waals surface area contributed by atoms with Crippen molar-refractivity contribution in [3.05, 3.63) is 60.8 Å². The standard InChI is InChI=1S/C22H20N4O2/c1-27-20-16-10-14(15-11-17(23)22(28-2)25-12-15)8-9-18(16)26-21(24)19(20)13-6-4-3-5-7-13/h3-12H,23H2,1-2H3,(H2,24,26). The fourth-order valence-corrected chi connectivity index (χ4v) is 3.33. The van der Waals surface area contributed by atoms with E-state index in [0.717, 1.165) is 33.2 Å². The SMILES string of the molecule is COc1ncc(-c2ccc3nc(N)c(-c4ccccc4)c(OC)c3c2)cc1N. The van der Waals surface area contributed by atoms with E-state index >= 15 is 0 Å². The third kappa shape index (κ3) is 2.95. The topological polar surface area (TPSA) is 96.3 Å². The summed E-state index contributed by atoms with van der Waals surface area (Å²) in [6.07, 6.45) is 1.73. The molecule has 2 heterocycles. The first-order chi connectivity index (χ1) is 13.6. The largest absolute Gasteiger partial charge is 0.495 e. The molecular formula is C22H20N4O2. The number of hydrogen-bond donors (Lipinski definition) is 2. The van der Waals surface area contributed by atoms with E-state index in [1.807, 2.05) is 54.6 Å². The van der Waals surface area contributed by atoms with Crippen LogP contribution in [0.3, 0.4) is 0 Å². The van der Waals surface area contributed by atoms with E-state index < -0.39 is 0 Å². The molecule has 0 saturated carbocycles. The molecule has 0 amide bonds. The molecule has 6 nitrogen and oxygen atoms in total. The molecule has 0 spiro atoms. The Balaban J connectivity index is 1.94. The highest BCUT2D eigenvalue weighted by Crippen LogP contribution is 2.41. The molecule has 6 heteroatoms. The Kier molecular flexibility index (Phi) is 4.45. The molecule has 0 unspecified atom stereocenters. The Morgan fingerprint density at radius 3 is 2.29 bits per heavy atom. The van der Waals surface area contributed by atoms with Crippen molar-refractivity contribution < 1.29 is 9.47 Å². The van der Waals surface area contributed by atoms with Crippen LogP contribution in [-0.2, 0) is 0 Å². The fraction of sp³-hybridized carbons (Fsp3) is 0.0909. The molecule has 0 aliphatic carbocycles. The van der Waals surface area contributed by atoms with Crippen molar-refractivity contribution in [2.24, 2.45) is 0 Å². The highest BCUT2D eigenvalue weighted by molar-refractivity contribution is 5.98. The highest BCUT2D eigenvalue weighted by Gasteiger charge is 2.17. The van der Waals surface area contributed by atoms with E-state index in [4.69, 9.17) is 20.9 Å². The summed E-state index contributed by atoms with van der Waals surface area (Å²) in [4.78, 5) is 8.84. The average Bonchev–Trinajstić information content (AvgIpc) is 2.73. The third-order valence-electron chi connectivity index (χ3n) is 4.64. The van der Waals surface area contributed by atoms with Crippen molar-refractivity contribution in [3.63, 3.8) is 0 Å². The number of aromatic nitrogens is 2. The zero-order valence-corrected chi connectivity index (χ0v) is 15.6. The van der Waals surface area contributed by atoms with Crippen LogP contribution in [0.1, 0.15) is 0 Å². The molecular weight excluding hydrogens is 352 g/mol. The number of rotatable bonds is 4. The molecule has 0 saturated heterocycles. The summed E-state index contributed by atoms with van der Waals surface area (Å²) < 4.78 is 10.9. The van der Waals surface area contributed by atoms with Gasteiger partial charge in [0.1, 0.15) is 11.6 Å². The maximum absolute atomic E-state index is 6.26. The number of benzene rings is 2. The maximum Gasteiger partial charge on any atom is 0.236 e. The van der Waals surface area contributed by atoms with Gasteiger partial charge in [-0.2, -0.15) is 0 Å². The number of fused-ring (bicyclic) bond motifs is 1. The molecule has 28 heavy (non-hydrogen) atoms. The summed E-state index contributed by atoms with van der Waals surface area (Å²) in [5.74, 6) is 1.52. The molecule has 4 aromatic rings. The van der Waals surface area contributed by atoms with Gasteiger partial charge in [0.2, 0.25) is 5.88 Å². The number of nitrogen functional groups attached to an aromatic ring is 2. The van der Waals surface area contributed by atoms with Gasteiger partial charge in [0, 0.05) is 17.1 Å². The van der Waals surface area contributed by atoms with Crippen LogP contribution in [0.25, 0.3) is 33.2 Å². The van der Waals surface area contributed by atoms with Gasteiger partial charge >= 0.3 is 0 Å².